The number of hydrogen-bond acceptors (Lipinski definition) is 3. The highest BCUT2D eigenvalue weighted by Crippen LogP contribution is 2.21. The summed E-state index contributed by atoms with van der Waals surface area (Å²) >= 11 is 0. The van der Waals surface area contributed by atoms with E-state index in [0.29, 0.717) is 12.5 Å². The van der Waals surface area contributed by atoms with Crippen molar-refractivity contribution < 1.29 is 22.6 Å². The number of ether oxygens (including phenoxy) is 2. The summed E-state index contributed by atoms with van der Waals surface area (Å²) < 4.78 is 47.0. The molecule has 0 bridgehead atoms. The van der Waals surface area contributed by atoms with Gasteiger partial charge >= 0.3 is 6.61 Å². The van der Waals surface area contributed by atoms with Gasteiger partial charge in [-0.3, -0.25) is 0 Å². The number of nitrogens with zero attached hydrogens (tertiary/aromatic N) is 1. The lowest BCUT2D eigenvalue weighted by Gasteiger charge is -2.20. The second-order valence-electron chi connectivity index (χ2n) is 5.07. The smallest absolute Gasteiger partial charge is 0.387 e. The predicted molar refractivity (Wildman–Crippen MR) is 68.3 cm³/mol. The van der Waals surface area contributed by atoms with Crippen LogP contribution < -0.4 is 4.74 Å². The second kappa shape index (κ2) is 6.95. The summed E-state index contributed by atoms with van der Waals surface area (Å²) in [7, 11) is 1.94. The first-order valence-corrected chi connectivity index (χ1v) is 6.54. The van der Waals surface area contributed by atoms with E-state index < -0.39 is 18.2 Å². The molecule has 20 heavy (non-hydrogen) atoms. The van der Waals surface area contributed by atoms with Crippen LogP contribution in [0.2, 0.25) is 0 Å². The summed E-state index contributed by atoms with van der Waals surface area (Å²) in [5.74, 6) is -0.678. The van der Waals surface area contributed by atoms with Gasteiger partial charge in [-0.25, -0.2) is 4.39 Å². The predicted octanol–water partition coefficient (Wildman–Crippen LogP) is 2.90. The average Bonchev–Trinajstić information content (AvgIpc) is 2.85. The summed E-state index contributed by atoms with van der Waals surface area (Å²) in [5.41, 5.74) is 0.727. The molecule has 1 aliphatic rings. The van der Waals surface area contributed by atoms with Crippen LogP contribution in [0.25, 0.3) is 0 Å². The molecule has 2 rings (SSSR count). The lowest BCUT2D eigenvalue weighted by Crippen LogP contribution is -2.25. The summed E-state index contributed by atoms with van der Waals surface area (Å²) in [6, 6.07) is 4.07. The maximum Gasteiger partial charge on any atom is 0.387 e. The summed E-state index contributed by atoms with van der Waals surface area (Å²) in [6.07, 6.45) is 1.04. The topological polar surface area (TPSA) is 21.7 Å². The van der Waals surface area contributed by atoms with E-state index >= 15 is 0 Å². The Labute approximate surface area is 116 Å². The van der Waals surface area contributed by atoms with Crippen LogP contribution in [-0.2, 0) is 11.3 Å². The van der Waals surface area contributed by atoms with Crippen molar-refractivity contribution in [1.82, 2.24) is 4.90 Å². The Balaban J connectivity index is 1.90. The van der Waals surface area contributed by atoms with Gasteiger partial charge in [0.25, 0.3) is 0 Å². The van der Waals surface area contributed by atoms with Gasteiger partial charge in [0.2, 0.25) is 0 Å². The molecule has 0 aliphatic carbocycles. The first-order chi connectivity index (χ1) is 9.54. The Morgan fingerprint density at radius 1 is 1.45 bits per heavy atom. The number of halogens is 3. The van der Waals surface area contributed by atoms with Crippen molar-refractivity contribution in [2.24, 2.45) is 5.92 Å². The van der Waals surface area contributed by atoms with Gasteiger partial charge in [0.1, 0.15) is 0 Å². The maximum atomic E-state index is 13.6. The van der Waals surface area contributed by atoms with Gasteiger partial charge < -0.3 is 14.4 Å². The molecule has 0 N–H and O–H groups in total. The summed E-state index contributed by atoms with van der Waals surface area (Å²) in [6.45, 7) is -0.0215. The van der Waals surface area contributed by atoms with Gasteiger partial charge in [-0.2, -0.15) is 8.78 Å². The van der Waals surface area contributed by atoms with Crippen LogP contribution in [0.5, 0.6) is 5.75 Å². The van der Waals surface area contributed by atoms with Crippen LogP contribution in [-0.4, -0.2) is 38.3 Å². The van der Waals surface area contributed by atoms with E-state index in [2.05, 4.69) is 9.64 Å². The van der Waals surface area contributed by atoms with E-state index in [9.17, 15) is 13.2 Å². The van der Waals surface area contributed by atoms with E-state index in [0.717, 1.165) is 31.7 Å². The van der Waals surface area contributed by atoms with E-state index in [-0.39, 0.29) is 0 Å². The van der Waals surface area contributed by atoms with E-state index in [1.807, 2.05) is 7.05 Å². The van der Waals surface area contributed by atoms with Crippen LogP contribution >= 0.6 is 0 Å². The molecule has 1 atom stereocenters. The molecule has 0 saturated carbocycles. The number of benzene rings is 1. The molecule has 3 nitrogen and oxygen atoms in total. The Hall–Kier alpha value is -1.27. The highest BCUT2D eigenvalue weighted by atomic mass is 19.3. The Morgan fingerprint density at radius 3 is 2.85 bits per heavy atom. The number of alkyl halides is 2. The molecule has 1 aromatic carbocycles. The second-order valence-corrected chi connectivity index (χ2v) is 5.07. The van der Waals surface area contributed by atoms with Crippen molar-refractivity contribution in [3.63, 3.8) is 0 Å². The van der Waals surface area contributed by atoms with Crippen LogP contribution in [0.1, 0.15) is 12.0 Å². The minimum atomic E-state index is -3.01. The first-order valence-electron chi connectivity index (χ1n) is 6.54. The fraction of sp³-hybridized carbons (Fsp3) is 0.571. The molecule has 6 heteroatoms. The van der Waals surface area contributed by atoms with E-state index in [4.69, 9.17) is 4.74 Å². The van der Waals surface area contributed by atoms with Gasteiger partial charge in [-0.15, -0.1) is 0 Å². The standard InChI is InChI=1S/C14H18F3NO2/c1-18(8-11-4-5-19-9-11)7-10-2-3-13(12(15)6-10)20-14(16)17/h2-3,6,11,14H,4-5,7-9H2,1H3. The Bertz CT molecular complexity index is 436. The molecular formula is C14H18F3NO2. The SMILES string of the molecule is CN(Cc1ccc(OC(F)F)c(F)c1)CC1CCOC1. The minimum absolute atomic E-state index is 0.421. The van der Waals surface area contributed by atoms with Gasteiger partial charge in [-0.1, -0.05) is 6.07 Å². The van der Waals surface area contributed by atoms with Crippen molar-refractivity contribution >= 4 is 0 Å². The Morgan fingerprint density at radius 2 is 2.25 bits per heavy atom. The van der Waals surface area contributed by atoms with E-state index in [1.54, 1.807) is 6.07 Å². The van der Waals surface area contributed by atoms with Crippen molar-refractivity contribution in [1.29, 1.82) is 0 Å². The molecule has 1 fully saturated rings. The molecule has 1 unspecified atom stereocenters. The molecule has 1 heterocycles. The number of rotatable bonds is 6. The van der Waals surface area contributed by atoms with Crippen molar-refractivity contribution in [3.8, 4) is 5.75 Å². The molecule has 0 spiro atoms. The molecule has 0 aromatic heterocycles. The quantitative estimate of drug-likeness (QED) is 0.804. The monoisotopic (exact) mass is 289 g/mol. The van der Waals surface area contributed by atoms with Crippen LogP contribution in [0.3, 0.4) is 0 Å². The van der Waals surface area contributed by atoms with Gasteiger partial charge in [0, 0.05) is 19.7 Å². The zero-order valence-electron chi connectivity index (χ0n) is 11.3. The average molecular weight is 289 g/mol. The lowest BCUT2D eigenvalue weighted by atomic mass is 10.1. The zero-order valence-corrected chi connectivity index (χ0v) is 11.3. The Kier molecular flexibility index (Phi) is 5.25. The van der Waals surface area contributed by atoms with Gasteiger partial charge in [0.15, 0.2) is 11.6 Å². The molecule has 0 radical (unpaired) electrons. The van der Waals surface area contributed by atoms with Crippen molar-refractivity contribution in [3.05, 3.63) is 29.6 Å². The normalized spacial score (nSPS) is 19.0. The summed E-state index contributed by atoms with van der Waals surface area (Å²) in [4.78, 5) is 2.07. The first kappa shape index (κ1) is 15.1. The maximum absolute atomic E-state index is 13.6. The zero-order chi connectivity index (χ0) is 14.5. The van der Waals surface area contributed by atoms with E-state index in [1.165, 1.54) is 12.1 Å². The molecule has 1 aromatic rings. The highest BCUT2D eigenvalue weighted by Gasteiger charge is 2.18. The third kappa shape index (κ3) is 4.38. The fourth-order valence-electron chi connectivity index (χ4n) is 2.38. The van der Waals surface area contributed by atoms with Gasteiger partial charge in [0.05, 0.1) is 6.61 Å². The highest BCUT2D eigenvalue weighted by molar-refractivity contribution is 5.29. The van der Waals surface area contributed by atoms with Crippen molar-refractivity contribution in [2.75, 3.05) is 26.8 Å². The largest absolute Gasteiger partial charge is 0.432 e. The lowest BCUT2D eigenvalue weighted by molar-refractivity contribution is -0.0522. The summed E-state index contributed by atoms with van der Waals surface area (Å²) in [5, 5.41) is 0. The fourth-order valence-corrected chi connectivity index (χ4v) is 2.38. The molecule has 1 aliphatic heterocycles. The molecule has 0 amide bonds. The number of hydrogen-bond donors (Lipinski definition) is 0. The minimum Gasteiger partial charge on any atom is -0.432 e. The third-order valence-corrected chi connectivity index (χ3v) is 3.26. The van der Waals surface area contributed by atoms with Gasteiger partial charge in [-0.05, 0) is 37.1 Å². The van der Waals surface area contributed by atoms with Crippen molar-refractivity contribution in [2.45, 2.75) is 19.6 Å². The molecule has 1 saturated heterocycles. The third-order valence-electron chi connectivity index (χ3n) is 3.26. The van der Waals surface area contributed by atoms with Crippen LogP contribution in [0, 0.1) is 11.7 Å². The molecular weight excluding hydrogens is 271 g/mol. The van der Waals surface area contributed by atoms with Crippen LogP contribution in [0.4, 0.5) is 13.2 Å². The van der Waals surface area contributed by atoms with Crippen LogP contribution in [0.15, 0.2) is 18.2 Å². The molecule has 112 valence electrons.